The van der Waals surface area contributed by atoms with Crippen LogP contribution in [0, 0.1) is 5.92 Å². The fourth-order valence-corrected chi connectivity index (χ4v) is 4.35. The Bertz CT molecular complexity index is 1290. The van der Waals surface area contributed by atoms with Crippen LogP contribution in [0.3, 0.4) is 0 Å². The predicted molar refractivity (Wildman–Crippen MR) is 131 cm³/mol. The van der Waals surface area contributed by atoms with Crippen LogP contribution in [0.1, 0.15) is 21.6 Å². The van der Waals surface area contributed by atoms with Crippen molar-refractivity contribution in [2.75, 3.05) is 33.4 Å². The number of rotatable bonds is 7. The fourth-order valence-electron chi connectivity index (χ4n) is 4.35. The summed E-state index contributed by atoms with van der Waals surface area (Å²) in [7, 11) is 1.57. The smallest absolute Gasteiger partial charge is 0.254 e. The van der Waals surface area contributed by atoms with E-state index in [1.165, 1.54) is 5.56 Å². The average Bonchev–Trinajstić information content (AvgIpc) is 3.24. The Hall–Kier alpha value is -3.91. The molecule has 1 saturated heterocycles. The standard InChI is InChI=1S/C27H28N4O4/c1-33-25-15-22(6-7-24(25)35-19-23-4-2-3-9-28-23)27(32)31-12-13-34-18-21(17-31)14-20-5-8-26-29-10-11-30(26)16-20/h2-11,15-16,21H,12-14,17-19H2,1H3/t21-/m0/s1. The molecule has 180 valence electrons. The number of methoxy groups -OCH3 is 1. The Morgan fingerprint density at radius 2 is 2.06 bits per heavy atom. The molecule has 0 saturated carbocycles. The first-order valence-corrected chi connectivity index (χ1v) is 11.7. The van der Waals surface area contributed by atoms with Crippen molar-refractivity contribution in [1.29, 1.82) is 0 Å². The molecule has 5 rings (SSSR count). The first-order valence-electron chi connectivity index (χ1n) is 11.7. The molecule has 35 heavy (non-hydrogen) atoms. The van der Waals surface area contributed by atoms with Crippen LogP contribution >= 0.6 is 0 Å². The molecule has 0 unspecified atom stereocenters. The van der Waals surface area contributed by atoms with E-state index in [1.807, 2.05) is 39.8 Å². The van der Waals surface area contributed by atoms with Gasteiger partial charge in [0.2, 0.25) is 0 Å². The van der Waals surface area contributed by atoms with Gasteiger partial charge >= 0.3 is 0 Å². The van der Waals surface area contributed by atoms with E-state index in [-0.39, 0.29) is 11.8 Å². The molecule has 0 N–H and O–H groups in total. The van der Waals surface area contributed by atoms with Crippen LogP contribution in [0.2, 0.25) is 0 Å². The van der Waals surface area contributed by atoms with Crippen LogP contribution in [0.5, 0.6) is 11.5 Å². The SMILES string of the molecule is COc1cc(C(=O)N2CCOC[C@@H](Cc3ccc4nccn4c3)C2)ccc1OCc1ccccn1. The summed E-state index contributed by atoms with van der Waals surface area (Å²) >= 11 is 0. The Morgan fingerprint density at radius 1 is 1.11 bits per heavy atom. The lowest BCUT2D eigenvalue weighted by Gasteiger charge is -2.24. The van der Waals surface area contributed by atoms with Crippen LogP contribution in [0.25, 0.3) is 5.65 Å². The third kappa shape index (κ3) is 5.44. The molecule has 1 aliphatic rings. The lowest BCUT2D eigenvalue weighted by atomic mass is 10.0. The summed E-state index contributed by atoms with van der Waals surface area (Å²) in [5.74, 6) is 1.25. The van der Waals surface area contributed by atoms with Gasteiger partial charge in [0.05, 0.1) is 26.0 Å². The molecular weight excluding hydrogens is 444 g/mol. The third-order valence-electron chi connectivity index (χ3n) is 6.11. The minimum Gasteiger partial charge on any atom is -0.493 e. The maximum Gasteiger partial charge on any atom is 0.254 e. The molecule has 3 aromatic heterocycles. The predicted octanol–water partition coefficient (Wildman–Crippen LogP) is 3.65. The quantitative estimate of drug-likeness (QED) is 0.409. The number of carbonyl (C=O) groups excluding carboxylic acids is 1. The van der Waals surface area contributed by atoms with E-state index in [4.69, 9.17) is 14.2 Å². The molecule has 1 atom stereocenters. The molecule has 4 heterocycles. The van der Waals surface area contributed by atoms with Gasteiger partial charge in [-0.05, 0) is 48.4 Å². The Balaban J connectivity index is 1.27. The Morgan fingerprint density at radius 3 is 2.91 bits per heavy atom. The topological polar surface area (TPSA) is 78.2 Å². The number of fused-ring (bicyclic) bond motifs is 1. The zero-order valence-corrected chi connectivity index (χ0v) is 19.7. The first-order chi connectivity index (χ1) is 17.2. The summed E-state index contributed by atoms with van der Waals surface area (Å²) in [5, 5.41) is 0. The summed E-state index contributed by atoms with van der Waals surface area (Å²) in [5.41, 5.74) is 3.49. The number of aromatic nitrogens is 3. The number of hydrogen-bond donors (Lipinski definition) is 0. The molecule has 0 radical (unpaired) electrons. The number of nitrogens with zero attached hydrogens (tertiary/aromatic N) is 4. The van der Waals surface area contributed by atoms with Crippen molar-refractivity contribution < 1.29 is 19.0 Å². The summed E-state index contributed by atoms with van der Waals surface area (Å²) in [6.07, 6.45) is 8.37. The number of benzene rings is 1. The highest BCUT2D eigenvalue weighted by Crippen LogP contribution is 2.29. The highest BCUT2D eigenvalue weighted by atomic mass is 16.5. The highest BCUT2D eigenvalue weighted by Gasteiger charge is 2.24. The second kappa shape index (κ2) is 10.6. The number of carbonyl (C=O) groups is 1. The zero-order valence-electron chi connectivity index (χ0n) is 19.7. The van der Waals surface area contributed by atoms with E-state index in [2.05, 4.69) is 22.2 Å². The van der Waals surface area contributed by atoms with Crippen molar-refractivity contribution >= 4 is 11.6 Å². The van der Waals surface area contributed by atoms with Gasteiger partial charge in [0.15, 0.2) is 11.5 Å². The number of amides is 1. The molecule has 1 aliphatic heterocycles. The van der Waals surface area contributed by atoms with Gasteiger partial charge in [-0.3, -0.25) is 9.78 Å². The maximum atomic E-state index is 13.4. The van der Waals surface area contributed by atoms with E-state index in [0.29, 0.717) is 50.0 Å². The maximum absolute atomic E-state index is 13.4. The van der Waals surface area contributed by atoms with Crippen molar-refractivity contribution in [3.63, 3.8) is 0 Å². The Labute approximate surface area is 204 Å². The highest BCUT2D eigenvalue weighted by molar-refractivity contribution is 5.95. The van der Waals surface area contributed by atoms with E-state index in [1.54, 1.807) is 37.7 Å². The summed E-state index contributed by atoms with van der Waals surface area (Å²) in [4.78, 5) is 23.8. The fraction of sp³-hybridized carbons (Fsp3) is 0.296. The molecule has 0 aliphatic carbocycles. The van der Waals surface area contributed by atoms with Crippen LogP contribution in [-0.4, -0.2) is 58.6 Å². The van der Waals surface area contributed by atoms with Crippen molar-refractivity contribution in [2.24, 2.45) is 5.92 Å². The molecule has 1 fully saturated rings. The molecule has 4 aromatic rings. The van der Waals surface area contributed by atoms with Gasteiger partial charge in [-0.15, -0.1) is 0 Å². The lowest BCUT2D eigenvalue weighted by Crippen LogP contribution is -2.36. The van der Waals surface area contributed by atoms with Crippen molar-refractivity contribution in [3.8, 4) is 11.5 Å². The summed E-state index contributed by atoms with van der Waals surface area (Å²) in [6.45, 7) is 2.64. The second-order valence-electron chi connectivity index (χ2n) is 8.60. The van der Waals surface area contributed by atoms with E-state index in [0.717, 1.165) is 17.8 Å². The van der Waals surface area contributed by atoms with Gasteiger partial charge in [0, 0.05) is 49.4 Å². The van der Waals surface area contributed by atoms with Gasteiger partial charge in [-0.25, -0.2) is 4.98 Å². The molecule has 1 aromatic carbocycles. The molecule has 8 heteroatoms. The number of imidazole rings is 1. The van der Waals surface area contributed by atoms with Crippen LogP contribution in [0.15, 0.2) is 73.3 Å². The van der Waals surface area contributed by atoms with Crippen LogP contribution < -0.4 is 9.47 Å². The van der Waals surface area contributed by atoms with Crippen LogP contribution in [0.4, 0.5) is 0 Å². The largest absolute Gasteiger partial charge is 0.493 e. The molecular formula is C27H28N4O4. The molecule has 0 spiro atoms. The van der Waals surface area contributed by atoms with Crippen molar-refractivity contribution in [1.82, 2.24) is 19.3 Å². The second-order valence-corrected chi connectivity index (χ2v) is 8.60. The van der Waals surface area contributed by atoms with E-state index >= 15 is 0 Å². The first kappa shape index (κ1) is 22.9. The zero-order chi connectivity index (χ0) is 24.0. The number of ether oxygens (including phenoxy) is 3. The number of pyridine rings is 2. The van der Waals surface area contributed by atoms with Gasteiger partial charge in [-0.1, -0.05) is 12.1 Å². The van der Waals surface area contributed by atoms with E-state index in [9.17, 15) is 4.79 Å². The molecule has 0 bridgehead atoms. The minimum atomic E-state index is -0.0415. The van der Waals surface area contributed by atoms with Crippen LogP contribution in [-0.2, 0) is 17.8 Å². The normalized spacial score (nSPS) is 16.1. The van der Waals surface area contributed by atoms with Gasteiger partial charge < -0.3 is 23.5 Å². The van der Waals surface area contributed by atoms with E-state index < -0.39 is 0 Å². The monoisotopic (exact) mass is 472 g/mol. The number of hydrogen-bond acceptors (Lipinski definition) is 6. The minimum absolute atomic E-state index is 0.0415. The van der Waals surface area contributed by atoms with Gasteiger partial charge in [-0.2, -0.15) is 0 Å². The lowest BCUT2D eigenvalue weighted by molar-refractivity contribution is 0.0737. The van der Waals surface area contributed by atoms with Gasteiger partial charge in [0.25, 0.3) is 5.91 Å². The Kier molecular flexibility index (Phi) is 6.90. The van der Waals surface area contributed by atoms with Crippen molar-refractivity contribution in [3.05, 3.63) is 90.1 Å². The van der Waals surface area contributed by atoms with Crippen molar-refractivity contribution in [2.45, 2.75) is 13.0 Å². The average molecular weight is 473 g/mol. The molecule has 1 amide bonds. The van der Waals surface area contributed by atoms with Gasteiger partial charge in [0.1, 0.15) is 12.3 Å². The molecule has 8 nitrogen and oxygen atoms in total. The summed E-state index contributed by atoms with van der Waals surface area (Å²) in [6, 6.07) is 15.1. The summed E-state index contributed by atoms with van der Waals surface area (Å²) < 4.78 is 19.3. The third-order valence-corrected chi connectivity index (χ3v) is 6.11.